The summed E-state index contributed by atoms with van der Waals surface area (Å²) < 4.78 is 15.8. The number of hydrogen-bond donors (Lipinski definition) is 0. The number of rotatable bonds is 1. The molecule has 0 saturated heterocycles. The summed E-state index contributed by atoms with van der Waals surface area (Å²) in [6, 6.07) is 5.90. The molecule has 0 radical (unpaired) electrons. The molecule has 0 aliphatic heterocycles. The van der Waals surface area contributed by atoms with Gasteiger partial charge in [0.15, 0.2) is 0 Å². The number of benzene rings is 1. The first kappa shape index (κ1) is 10.3. The van der Waals surface area contributed by atoms with Crippen molar-refractivity contribution < 1.29 is 4.21 Å². The van der Waals surface area contributed by atoms with Crippen LogP contribution in [0, 0.1) is 13.8 Å². The Hall–Kier alpha value is -0.830. The maximum absolute atomic E-state index is 11.9. The summed E-state index contributed by atoms with van der Waals surface area (Å²) in [5.41, 5.74) is 2.24. The van der Waals surface area contributed by atoms with Crippen molar-refractivity contribution in [2.24, 2.45) is 4.36 Å². The quantitative estimate of drug-likeness (QED) is 0.679. The predicted octanol–water partition coefficient (Wildman–Crippen LogP) is 2.39. The molecule has 1 atom stereocenters. The van der Waals surface area contributed by atoms with Crippen molar-refractivity contribution >= 4 is 9.73 Å². The third-order valence-corrected chi connectivity index (χ3v) is 4.06. The predicted molar refractivity (Wildman–Crippen MR) is 56.6 cm³/mol. The van der Waals surface area contributed by atoms with E-state index in [4.69, 9.17) is 0 Å². The number of aryl methyl sites for hydroxylation is 2. The third kappa shape index (κ3) is 2.10. The van der Waals surface area contributed by atoms with Crippen LogP contribution in [0.4, 0.5) is 0 Å². The van der Waals surface area contributed by atoms with Gasteiger partial charge in [0, 0.05) is 13.3 Å². The molecule has 0 N–H and O–H groups in total. The van der Waals surface area contributed by atoms with Gasteiger partial charge in [0.25, 0.3) is 0 Å². The minimum atomic E-state index is -2.17. The van der Waals surface area contributed by atoms with Gasteiger partial charge in [0.05, 0.1) is 14.6 Å². The van der Waals surface area contributed by atoms with Crippen molar-refractivity contribution in [1.82, 2.24) is 0 Å². The fourth-order valence-corrected chi connectivity index (χ4v) is 2.50. The van der Waals surface area contributed by atoms with Crippen molar-refractivity contribution in [2.45, 2.75) is 18.7 Å². The summed E-state index contributed by atoms with van der Waals surface area (Å²) in [4.78, 5) is 0.848. The normalized spacial score (nSPS) is 15.1. The van der Waals surface area contributed by atoms with E-state index in [1.54, 1.807) is 13.3 Å². The molecule has 0 saturated carbocycles. The van der Waals surface area contributed by atoms with Crippen LogP contribution < -0.4 is 0 Å². The number of hydrogen-bond acceptors (Lipinski definition) is 2. The molecule has 1 aromatic rings. The lowest BCUT2D eigenvalue weighted by atomic mass is 10.2. The average Bonchev–Trinajstić information content (AvgIpc) is 2.03. The second-order valence-corrected chi connectivity index (χ2v) is 5.66. The largest absolute Gasteiger partial charge is 0.245 e. The Balaban J connectivity index is 3.42. The molecular formula is C10H15NOS. The van der Waals surface area contributed by atoms with Crippen LogP contribution in [0.1, 0.15) is 11.1 Å². The summed E-state index contributed by atoms with van der Waals surface area (Å²) in [7, 11) is -0.572. The molecule has 0 unspecified atom stereocenters. The fraction of sp³-hybridized carbons (Fsp3) is 0.400. The van der Waals surface area contributed by atoms with E-state index >= 15 is 0 Å². The van der Waals surface area contributed by atoms with Gasteiger partial charge in [-0.3, -0.25) is 0 Å². The van der Waals surface area contributed by atoms with Crippen LogP contribution in [0.3, 0.4) is 0 Å². The van der Waals surface area contributed by atoms with Crippen LogP contribution in [0.5, 0.6) is 0 Å². The second-order valence-electron chi connectivity index (χ2n) is 3.25. The molecule has 0 aliphatic rings. The van der Waals surface area contributed by atoms with Gasteiger partial charge in [-0.25, -0.2) is 8.57 Å². The Morgan fingerprint density at radius 1 is 1.31 bits per heavy atom. The first-order chi connectivity index (χ1) is 5.97. The van der Waals surface area contributed by atoms with Gasteiger partial charge in [-0.1, -0.05) is 17.7 Å². The monoisotopic (exact) mass is 197 g/mol. The summed E-state index contributed by atoms with van der Waals surface area (Å²) in [6.07, 6.45) is 1.67. The van der Waals surface area contributed by atoms with Crippen molar-refractivity contribution in [2.75, 3.05) is 13.3 Å². The molecule has 0 amide bonds. The zero-order valence-electron chi connectivity index (χ0n) is 8.50. The van der Waals surface area contributed by atoms with Crippen molar-refractivity contribution in [3.8, 4) is 0 Å². The Morgan fingerprint density at radius 2 is 1.92 bits per heavy atom. The molecule has 0 heterocycles. The van der Waals surface area contributed by atoms with E-state index in [0.29, 0.717) is 0 Å². The van der Waals surface area contributed by atoms with E-state index in [1.807, 2.05) is 32.0 Å². The molecule has 0 fully saturated rings. The van der Waals surface area contributed by atoms with E-state index in [9.17, 15) is 4.21 Å². The molecule has 1 aromatic carbocycles. The molecular weight excluding hydrogens is 182 g/mol. The van der Waals surface area contributed by atoms with Crippen molar-refractivity contribution in [3.63, 3.8) is 0 Å². The maximum Gasteiger partial charge on any atom is 0.0722 e. The van der Waals surface area contributed by atoms with Gasteiger partial charge in [-0.2, -0.15) is 0 Å². The first-order valence-electron chi connectivity index (χ1n) is 4.15. The Morgan fingerprint density at radius 3 is 2.38 bits per heavy atom. The topological polar surface area (TPSA) is 29.4 Å². The van der Waals surface area contributed by atoms with Crippen LogP contribution >= 0.6 is 0 Å². The van der Waals surface area contributed by atoms with E-state index in [1.165, 1.54) is 5.56 Å². The summed E-state index contributed by atoms with van der Waals surface area (Å²) in [5, 5.41) is 0. The van der Waals surface area contributed by atoms with Gasteiger partial charge >= 0.3 is 0 Å². The standard InChI is InChI=1S/C10H15NOS/c1-8-5-6-10(9(2)7-8)13(4,12)11-3/h5-7H,1-4H3/t13-/m0/s1. The van der Waals surface area contributed by atoms with Crippen molar-refractivity contribution in [1.29, 1.82) is 0 Å². The molecule has 0 aliphatic carbocycles. The number of nitrogens with zero attached hydrogens (tertiary/aromatic N) is 1. The molecule has 72 valence electrons. The minimum Gasteiger partial charge on any atom is -0.245 e. The van der Waals surface area contributed by atoms with Crippen LogP contribution in [0.25, 0.3) is 0 Å². The lowest BCUT2D eigenvalue weighted by Crippen LogP contribution is -1.99. The zero-order chi connectivity index (χ0) is 10.1. The fourth-order valence-electron chi connectivity index (χ4n) is 1.32. The lowest BCUT2D eigenvalue weighted by Gasteiger charge is -2.07. The highest BCUT2D eigenvalue weighted by Crippen LogP contribution is 2.17. The van der Waals surface area contributed by atoms with Gasteiger partial charge in [-0.15, -0.1) is 0 Å². The van der Waals surface area contributed by atoms with Gasteiger partial charge in [0.2, 0.25) is 0 Å². The minimum absolute atomic E-state index is 0.848. The van der Waals surface area contributed by atoms with E-state index in [-0.39, 0.29) is 0 Å². The van der Waals surface area contributed by atoms with Gasteiger partial charge in [0.1, 0.15) is 0 Å². The van der Waals surface area contributed by atoms with Crippen LogP contribution in [-0.2, 0) is 9.73 Å². The molecule has 3 heteroatoms. The third-order valence-electron chi connectivity index (χ3n) is 2.09. The van der Waals surface area contributed by atoms with E-state index in [0.717, 1.165) is 10.5 Å². The highest BCUT2D eigenvalue weighted by atomic mass is 32.2. The summed E-state index contributed by atoms with van der Waals surface area (Å²) in [6.45, 7) is 3.99. The first-order valence-corrected chi connectivity index (χ1v) is 6.07. The maximum atomic E-state index is 11.9. The van der Waals surface area contributed by atoms with Crippen LogP contribution in [0.15, 0.2) is 27.5 Å². The van der Waals surface area contributed by atoms with Crippen LogP contribution in [0.2, 0.25) is 0 Å². The molecule has 0 aromatic heterocycles. The van der Waals surface area contributed by atoms with Gasteiger partial charge < -0.3 is 0 Å². The van der Waals surface area contributed by atoms with E-state index in [2.05, 4.69) is 4.36 Å². The molecule has 2 nitrogen and oxygen atoms in total. The average molecular weight is 197 g/mol. The SMILES string of the molecule is CN=[S@@](C)(=O)c1ccc(C)cc1C. The smallest absolute Gasteiger partial charge is 0.0722 e. The summed E-state index contributed by atoms with van der Waals surface area (Å²) >= 11 is 0. The summed E-state index contributed by atoms with van der Waals surface area (Å²) in [5.74, 6) is 0. The van der Waals surface area contributed by atoms with Crippen molar-refractivity contribution in [3.05, 3.63) is 29.3 Å². The van der Waals surface area contributed by atoms with Crippen LogP contribution in [-0.4, -0.2) is 17.5 Å². The zero-order valence-corrected chi connectivity index (χ0v) is 9.31. The Labute approximate surface area is 80.2 Å². The molecule has 13 heavy (non-hydrogen) atoms. The van der Waals surface area contributed by atoms with E-state index < -0.39 is 9.73 Å². The Kier molecular flexibility index (Phi) is 2.76. The molecule has 1 rings (SSSR count). The molecule has 0 spiro atoms. The second kappa shape index (κ2) is 3.50. The lowest BCUT2D eigenvalue weighted by molar-refractivity contribution is 0.679. The van der Waals surface area contributed by atoms with Gasteiger partial charge in [-0.05, 0) is 25.5 Å². The highest BCUT2D eigenvalue weighted by molar-refractivity contribution is 7.93. The Bertz CT molecular complexity index is 429. The molecule has 0 bridgehead atoms. The highest BCUT2D eigenvalue weighted by Gasteiger charge is 2.07.